The summed E-state index contributed by atoms with van der Waals surface area (Å²) in [5.74, 6) is 0. The lowest BCUT2D eigenvalue weighted by Gasteiger charge is -2.18. The molecule has 2 heterocycles. The van der Waals surface area contributed by atoms with Crippen LogP contribution in [0.1, 0.15) is 36.1 Å². The van der Waals surface area contributed by atoms with Crippen LogP contribution < -0.4 is 5.32 Å². The first-order valence-electron chi connectivity index (χ1n) is 5.84. The van der Waals surface area contributed by atoms with Crippen LogP contribution in [0.5, 0.6) is 0 Å². The Morgan fingerprint density at radius 3 is 2.56 bits per heavy atom. The van der Waals surface area contributed by atoms with Crippen LogP contribution in [0, 0.1) is 6.92 Å². The highest BCUT2D eigenvalue weighted by Gasteiger charge is 2.20. The fourth-order valence-electron chi connectivity index (χ4n) is 1.89. The number of nitrogens with one attached hydrogen (secondary N) is 1. The van der Waals surface area contributed by atoms with Gasteiger partial charge < -0.3 is 5.32 Å². The van der Waals surface area contributed by atoms with Gasteiger partial charge in [0, 0.05) is 0 Å². The number of thiophene rings is 2. The van der Waals surface area contributed by atoms with Gasteiger partial charge in [0.2, 0.25) is 0 Å². The standard InChI is InChI=1S/C13H15Br2NS2/c1-3-4-16-12(10-7-17-6-8(10)2)9-5-11(14)18-13(9)15/h5-7,12,16H,3-4H2,1-2H3. The Bertz CT molecular complexity index is 519. The van der Waals surface area contributed by atoms with E-state index in [1.54, 1.807) is 22.7 Å². The van der Waals surface area contributed by atoms with E-state index < -0.39 is 0 Å². The van der Waals surface area contributed by atoms with Crippen LogP contribution in [0.2, 0.25) is 0 Å². The number of rotatable bonds is 5. The van der Waals surface area contributed by atoms with E-state index >= 15 is 0 Å². The molecule has 1 unspecified atom stereocenters. The van der Waals surface area contributed by atoms with Gasteiger partial charge in [0.05, 0.1) is 13.6 Å². The Morgan fingerprint density at radius 2 is 2.06 bits per heavy atom. The number of hydrogen-bond donors (Lipinski definition) is 1. The highest BCUT2D eigenvalue weighted by atomic mass is 79.9. The van der Waals surface area contributed by atoms with Crippen molar-refractivity contribution in [3.63, 3.8) is 0 Å². The topological polar surface area (TPSA) is 12.0 Å². The van der Waals surface area contributed by atoms with Crippen LogP contribution in [0.3, 0.4) is 0 Å². The van der Waals surface area contributed by atoms with Crippen LogP contribution in [-0.2, 0) is 0 Å². The second kappa shape index (κ2) is 6.66. The summed E-state index contributed by atoms with van der Waals surface area (Å²) in [7, 11) is 0. The summed E-state index contributed by atoms with van der Waals surface area (Å²) in [5, 5.41) is 8.11. The van der Waals surface area contributed by atoms with Gasteiger partial charge in [-0.3, -0.25) is 0 Å². The molecule has 2 aromatic rings. The molecular weight excluding hydrogens is 394 g/mol. The molecule has 0 aliphatic heterocycles. The first-order chi connectivity index (χ1) is 8.63. The first kappa shape index (κ1) is 14.7. The molecule has 0 bridgehead atoms. The van der Waals surface area contributed by atoms with Crippen LogP contribution in [0.4, 0.5) is 0 Å². The molecule has 0 aromatic carbocycles. The zero-order valence-corrected chi connectivity index (χ0v) is 15.1. The van der Waals surface area contributed by atoms with E-state index in [0.29, 0.717) is 0 Å². The monoisotopic (exact) mass is 407 g/mol. The Balaban J connectivity index is 2.37. The quantitative estimate of drug-likeness (QED) is 0.665. The molecule has 5 heteroatoms. The van der Waals surface area contributed by atoms with Crippen LogP contribution in [-0.4, -0.2) is 6.54 Å². The Hall–Kier alpha value is 0.320. The number of halogens is 2. The van der Waals surface area contributed by atoms with Crippen molar-refractivity contribution < 1.29 is 0 Å². The minimum Gasteiger partial charge on any atom is -0.306 e. The number of hydrogen-bond acceptors (Lipinski definition) is 3. The van der Waals surface area contributed by atoms with E-state index in [1.165, 1.54) is 24.3 Å². The van der Waals surface area contributed by atoms with Crippen LogP contribution in [0.15, 0.2) is 24.4 Å². The third-order valence-electron chi connectivity index (χ3n) is 2.80. The van der Waals surface area contributed by atoms with Crippen molar-refractivity contribution >= 4 is 54.5 Å². The van der Waals surface area contributed by atoms with Gasteiger partial charge in [0.15, 0.2) is 0 Å². The maximum atomic E-state index is 3.67. The van der Waals surface area contributed by atoms with Gasteiger partial charge in [-0.2, -0.15) is 11.3 Å². The first-order valence-corrected chi connectivity index (χ1v) is 9.18. The minimum atomic E-state index is 0.285. The molecule has 0 aliphatic rings. The summed E-state index contributed by atoms with van der Waals surface area (Å²) in [6.45, 7) is 5.41. The van der Waals surface area contributed by atoms with Crippen LogP contribution in [0.25, 0.3) is 0 Å². The summed E-state index contributed by atoms with van der Waals surface area (Å²) >= 11 is 10.7. The van der Waals surface area contributed by atoms with Crippen molar-refractivity contribution in [1.82, 2.24) is 5.32 Å². The maximum Gasteiger partial charge on any atom is 0.0761 e. The smallest absolute Gasteiger partial charge is 0.0761 e. The fourth-order valence-corrected chi connectivity index (χ4v) is 5.67. The van der Waals surface area contributed by atoms with Crippen molar-refractivity contribution in [2.45, 2.75) is 26.3 Å². The summed E-state index contributed by atoms with van der Waals surface area (Å²) < 4.78 is 2.37. The van der Waals surface area contributed by atoms with Gasteiger partial charge >= 0.3 is 0 Å². The van der Waals surface area contributed by atoms with Crippen molar-refractivity contribution in [2.75, 3.05) is 6.54 Å². The molecule has 0 spiro atoms. The van der Waals surface area contributed by atoms with Gasteiger partial charge in [-0.15, -0.1) is 11.3 Å². The minimum absolute atomic E-state index is 0.285. The van der Waals surface area contributed by atoms with Crippen molar-refractivity contribution in [2.24, 2.45) is 0 Å². The van der Waals surface area contributed by atoms with Crippen LogP contribution >= 0.6 is 54.5 Å². The molecule has 2 rings (SSSR count). The SMILES string of the molecule is CCCNC(c1cscc1C)c1cc(Br)sc1Br. The lowest BCUT2D eigenvalue weighted by Crippen LogP contribution is -2.23. The Labute approximate surface area is 133 Å². The van der Waals surface area contributed by atoms with E-state index in [0.717, 1.165) is 13.0 Å². The molecular formula is C13H15Br2NS2. The van der Waals surface area contributed by atoms with E-state index in [2.05, 4.69) is 67.9 Å². The summed E-state index contributed by atoms with van der Waals surface area (Å²) in [5.41, 5.74) is 4.07. The molecule has 18 heavy (non-hydrogen) atoms. The molecule has 98 valence electrons. The van der Waals surface area contributed by atoms with E-state index in [-0.39, 0.29) is 6.04 Å². The van der Waals surface area contributed by atoms with Gasteiger partial charge in [-0.05, 0) is 85.3 Å². The summed E-state index contributed by atoms with van der Waals surface area (Å²) in [6, 6.07) is 2.49. The molecule has 2 aromatic heterocycles. The highest BCUT2D eigenvalue weighted by Crippen LogP contribution is 2.39. The zero-order valence-electron chi connectivity index (χ0n) is 10.3. The van der Waals surface area contributed by atoms with Crippen molar-refractivity contribution in [1.29, 1.82) is 0 Å². The zero-order chi connectivity index (χ0) is 13.1. The van der Waals surface area contributed by atoms with Gasteiger partial charge in [-0.1, -0.05) is 6.92 Å². The second-order valence-electron chi connectivity index (χ2n) is 4.18. The summed E-state index contributed by atoms with van der Waals surface area (Å²) in [4.78, 5) is 0. The molecule has 0 amide bonds. The highest BCUT2D eigenvalue weighted by molar-refractivity contribution is 9.12. The Kier molecular flexibility index (Phi) is 5.45. The second-order valence-corrected chi connectivity index (χ2v) is 8.67. The summed E-state index contributed by atoms with van der Waals surface area (Å²) in [6.07, 6.45) is 1.14. The lowest BCUT2D eigenvalue weighted by atomic mass is 10.0. The molecule has 0 radical (unpaired) electrons. The van der Waals surface area contributed by atoms with E-state index in [9.17, 15) is 0 Å². The molecule has 0 fully saturated rings. The normalized spacial score (nSPS) is 12.9. The lowest BCUT2D eigenvalue weighted by molar-refractivity contribution is 0.598. The molecule has 0 saturated carbocycles. The predicted molar refractivity (Wildman–Crippen MR) is 88.9 cm³/mol. The number of aryl methyl sites for hydroxylation is 1. The van der Waals surface area contributed by atoms with Gasteiger partial charge in [-0.25, -0.2) is 0 Å². The third kappa shape index (κ3) is 3.25. The van der Waals surface area contributed by atoms with Crippen molar-refractivity contribution in [3.8, 4) is 0 Å². The average molecular weight is 409 g/mol. The van der Waals surface area contributed by atoms with E-state index in [1.807, 2.05) is 0 Å². The largest absolute Gasteiger partial charge is 0.306 e. The van der Waals surface area contributed by atoms with Gasteiger partial charge in [0.1, 0.15) is 0 Å². The fraction of sp³-hybridized carbons (Fsp3) is 0.385. The molecule has 1 N–H and O–H groups in total. The Morgan fingerprint density at radius 1 is 1.28 bits per heavy atom. The van der Waals surface area contributed by atoms with Crippen molar-refractivity contribution in [3.05, 3.63) is 41.1 Å². The molecule has 0 aliphatic carbocycles. The van der Waals surface area contributed by atoms with Gasteiger partial charge in [0.25, 0.3) is 0 Å². The third-order valence-corrected chi connectivity index (χ3v) is 6.06. The molecule has 0 saturated heterocycles. The predicted octanol–water partition coefficient (Wildman–Crippen LogP) is 5.73. The average Bonchev–Trinajstić information content (AvgIpc) is 2.87. The maximum absolute atomic E-state index is 3.67. The molecule has 1 atom stereocenters. The molecule has 1 nitrogen and oxygen atoms in total. The van der Waals surface area contributed by atoms with E-state index in [4.69, 9.17) is 0 Å².